The fourth-order valence-corrected chi connectivity index (χ4v) is 4.24. The molecule has 2 aliphatic rings. The van der Waals surface area contributed by atoms with Gasteiger partial charge in [-0.2, -0.15) is 0 Å². The number of carbonyl (C=O) groups excluding carboxylic acids is 2. The summed E-state index contributed by atoms with van der Waals surface area (Å²) in [6.07, 6.45) is 2.75. The Hall–Kier alpha value is -2.35. The minimum absolute atomic E-state index is 0.0851. The number of aromatic nitrogens is 1. The molecule has 160 valence electrons. The van der Waals surface area contributed by atoms with Gasteiger partial charge in [0.15, 0.2) is 5.69 Å². The van der Waals surface area contributed by atoms with Crippen LogP contribution < -0.4 is 10.2 Å². The molecule has 0 radical (unpaired) electrons. The van der Waals surface area contributed by atoms with Crippen molar-refractivity contribution in [2.24, 2.45) is 5.41 Å². The van der Waals surface area contributed by atoms with Crippen LogP contribution in [0.1, 0.15) is 51.0 Å². The molecule has 2 fully saturated rings. The molecule has 2 saturated heterocycles. The number of pyridine rings is 1. The maximum atomic E-state index is 12.4. The molecule has 1 aromatic heterocycles. The summed E-state index contributed by atoms with van der Waals surface area (Å²) in [5.74, 6) is -0.442. The van der Waals surface area contributed by atoms with Gasteiger partial charge in [-0.05, 0) is 52.7 Å². The van der Waals surface area contributed by atoms with Crippen LogP contribution in [-0.2, 0) is 14.2 Å². The predicted molar refractivity (Wildman–Crippen MR) is 108 cm³/mol. The first-order chi connectivity index (χ1) is 13.6. The second-order valence-corrected chi connectivity index (χ2v) is 8.85. The van der Waals surface area contributed by atoms with Crippen LogP contribution in [-0.4, -0.2) is 61.6 Å². The van der Waals surface area contributed by atoms with Gasteiger partial charge in [0.1, 0.15) is 5.60 Å². The molecule has 0 aromatic carbocycles. The van der Waals surface area contributed by atoms with Crippen molar-refractivity contribution in [1.29, 1.82) is 0 Å². The van der Waals surface area contributed by atoms with Crippen molar-refractivity contribution >= 4 is 17.7 Å². The highest BCUT2D eigenvalue weighted by Gasteiger charge is 2.50. The van der Waals surface area contributed by atoms with E-state index in [2.05, 4.69) is 15.2 Å². The highest BCUT2D eigenvalue weighted by molar-refractivity contribution is 5.93. The summed E-state index contributed by atoms with van der Waals surface area (Å²) in [4.78, 5) is 30.8. The minimum Gasteiger partial charge on any atom is -0.464 e. The smallest absolute Gasteiger partial charge is 0.407 e. The Labute approximate surface area is 171 Å². The Morgan fingerprint density at radius 3 is 2.62 bits per heavy atom. The van der Waals surface area contributed by atoms with Gasteiger partial charge in [-0.25, -0.2) is 14.6 Å². The molecule has 0 bridgehead atoms. The first kappa shape index (κ1) is 21.4. The van der Waals surface area contributed by atoms with Crippen LogP contribution in [0.5, 0.6) is 0 Å². The lowest BCUT2D eigenvalue weighted by atomic mass is 9.73. The number of carbonyl (C=O) groups is 2. The number of alkyl carbamates (subject to hydrolysis) is 1. The van der Waals surface area contributed by atoms with Crippen molar-refractivity contribution in [3.63, 3.8) is 0 Å². The quantitative estimate of drug-likeness (QED) is 0.773. The Morgan fingerprint density at radius 2 is 2.00 bits per heavy atom. The lowest BCUT2D eigenvalue weighted by Crippen LogP contribution is -2.55. The topological polar surface area (TPSA) is 90.0 Å². The lowest BCUT2D eigenvalue weighted by Gasteiger charge is -2.43. The molecule has 1 N–H and O–H groups in total. The summed E-state index contributed by atoms with van der Waals surface area (Å²) in [6.45, 7) is 9.60. The first-order valence-electron chi connectivity index (χ1n) is 10.0. The van der Waals surface area contributed by atoms with Crippen LogP contribution in [0.4, 0.5) is 10.5 Å². The van der Waals surface area contributed by atoms with E-state index in [1.165, 1.54) is 7.11 Å². The zero-order valence-electron chi connectivity index (χ0n) is 17.9. The summed E-state index contributed by atoms with van der Waals surface area (Å²) in [5.41, 5.74) is 0.400. The number of anilines is 1. The SMILES string of the molecule is COC(=O)c1ncccc1N1CCC2(CC1)CO[C@@H](C)[C@H]2NC(=O)OC(C)(C)C. The van der Waals surface area contributed by atoms with Gasteiger partial charge >= 0.3 is 12.1 Å². The third-order valence-corrected chi connectivity index (χ3v) is 5.70. The average Bonchev–Trinajstić information content (AvgIpc) is 2.96. The summed E-state index contributed by atoms with van der Waals surface area (Å²) < 4.78 is 16.3. The molecule has 0 saturated carbocycles. The van der Waals surface area contributed by atoms with Crippen LogP contribution in [0, 0.1) is 5.41 Å². The van der Waals surface area contributed by atoms with Crippen LogP contribution in [0.2, 0.25) is 0 Å². The van der Waals surface area contributed by atoms with Gasteiger partial charge in [-0.1, -0.05) is 0 Å². The second kappa shape index (κ2) is 8.18. The van der Waals surface area contributed by atoms with Crippen LogP contribution in [0.25, 0.3) is 0 Å². The number of nitrogens with zero attached hydrogens (tertiary/aromatic N) is 2. The number of rotatable bonds is 3. The van der Waals surface area contributed by atoms with E-state index in [0.29, 0.717) is 12.3 Å². The Bertz CT molecular complexity index is 753. The zero-order valence-corrected chi connectivity index (χ0v) is 17.9. The molecule has 3 rings (SSSR count). The average molecular weight is 405 g/mol. The van der Waals surface area contributed by atoms with Crippen LogP contribution >= 0.6 is 0 Å². The third-order valence-electron chi connectivity index (χ3n) is 5.70. The number of ether oxygens (including phenoxy) is 3. The van der Waals surface area contributed by atoms with E-state index >= 15 is 0 Å². The van der Waals surface area contributed by atoms with Gasteiger partial charge in [-0.3, -0.25) is 0 Å². The number of amides is 1. The number of piperidine rings is 1. The maximum absolute atomic E-state index is 12.4. The fraction of sp³-hybridized carbons (Fsp3) is 0.667. The molecule has 0 unspecified atom stereocenters. The summed E-state index contributed by atoms with van der Waals surface area (Å²) in [6, 6.07) is 3.59. The second-order valence-electron chi connectivity index (χ2n) is 8.85. The molecular formula is C21H31N3O5. The number of methoxy groups -OCH3 is 1. The Morgan fingerprint density at radius 1 is 1.31 bits per heavy atom. The molecular weight excluding hydrogens is 374 g/mol. The van der Waals surface area contributed by atoms with Crippen LogP contribution in [0.3, 0.4) is 0 Å². The highest BCUT2D eigenvalue weighted by Crippen LogP contribution is 2.43. The molecule has 1 amide bonds. The molecule has 3 heterocycles. The normalized spacial score (nSPS) is 23.7. The van der Waals surface area contributed by atoms with E-state index < -0.39 is 17.7 Å². The van der Waals surface area contributed by atoms with E-state index in [-0.39, 0.29) is 17.6 Å². The lowest BCUT2D eigenvalue weighted by molar-refractivity contribution is 0.0433. The predicted octanol–water partition coefficient (Wildman–Crippen LogP) is 2.77. The number of hydrogen-bond acceptors (Lipinski definition) is 7. The van der Waals surface area contributed by atoms with Crippen molar-refractivity contribution in [1.82, 2.24) is 10.3 Å². The van der Waals surface area contributed by atoms with E-state index in [0.717, 1.165) is 31.6 Å². The van der Waals surface area contributed by atoms with Crippen molar-refractivity contribution < 1.29 is 23.8 Å². The largest absolute Gasteiger partial charge is 0.464 e. The molecule has 8 heteroatoms. The van der Waals surface area contributed by atoms with Gasteiger partial charge in [0.2, 0.25) is 0 Å². The van der Waals surface area contributed by atoms with Crippen LogP contribution in [0.15, 0.2) is 18.3 Å². The zero-order chi connectivity index (χ0) is 21.2. The molecule has 1 spiro atoms. The maximum Gasteiger partial charge on any atom is 0.407 e. The van der Waals surface area contributed by atoms with E-state index in [1.807, 2.05) is 39.8 Å². The fourth-order valence-electron chi connectivity index (χ4n) is 4.24. The van der Waals surface area contributed by atoms with Crippen molar-refractivity contribution in [2.75, 3.05) is 31.7 Å². The summed E-state index contributed by atoms with van der Waals surface area (Å²) in [7, 11) is 1.36. The Balaban J connectivity index is 1.71. The number of nitrogens with one attached hydrogen (secondary N) is 1. The van der Waals surface area contributed by atoms with Gasteiger partial charge < -0.3 is 24.4 Å². The van der Waals surface area contributed by atoms with Crippen molar-refractivity contribution in [2.45, 2.75) is 58.3 Å². The van der Waals surface area contributed by atoms with Gasteiger partial charge in [-0.15, -0.1) is 0 Å². The number of hydrogen-bond donors (Lipinski definition) is 1. The van der Waals surface area contributed by atoms with E-state index in [4.69, 9.17) is 14.2 Å². The molecule has 8 nitrogen and oxygen atoms in total. The van der Waals surface area contributed by atoms with Crippen molar-refractivity contribution in [3.05, 3.63) is 24.0 Å². The molecule has 1 aromatic rings. The molecule has 0 aliphatic carbocycles. The summed E-state index contributed by atoms with van der Waals surface area (Å²) in [5, 5.41) is 3.05. The summed E-state index contributed by atoms with van der Waals surface area (Å²) >= 11 is 0. The molecule has 2 atom stereocenters. The highest BCUT2D eigenvalue weighted by atomic mass is 16.6. The third kappa shape index (κ3) is 4.63. The Kier molecular flexibility index (Phi) is 6.03. The standard InChI is InChI=1S/C21H31N3O5/c1-14-17(23-19(26)29-20(2,3)4)21(13-28-14)8-11-24(12-9-21)15-7-6-10-22-16(15)18(25)27-5/h6-7,10,14,17H,8-9,11-13H2,1-5H3,(H,23,26)/t14-,17+/m0/s1. The van der Waals surface area contributed by atoms with Gasteiger partial charge in [0, 0.05) is 24.7 Å². The molecule has 2 aliphatic heterocycles. The number of esters is 1. The van der Waals surface area contributed by atoms with Gasteiger partial charge in [0.05, 0.1) is 31.5 Å². The van der Waals surface area contributed by atoms with Gasteiger partial charge in [0.25, 0.3) is 0 Å². The first-order valence-corrected chi connectivity index (χ1v) is 10.0. The van der Waals surface area contributed by atoms with E-state index in [9.17, 15) is 9.59 Å². The minimum atomic E-state index is -0.548. The van der Waals surface area contributed by atoms with Crippen molar-refractivity contribution in [3.8, 4) is 0 Å². The van der Waals surface area contributed by atoms with E-state index in [1.54, 1.807) is 6.20 Å². The monoisotopic (exact) mass is 405 g/mol. The molecule has 29 heavy (non-hydrogen) atoms.